The zero-order chi connectivity index (χ0) is 15.5. The number of rotatable bonds is 8. The lowest BCUT2D eigenvalue weighted by Crippen LogP contribution is -2.31. The second-order valence-corrected chi connectivity index (χ2v) is 7.92. The second-order valence-electron chi connectivity index (χ2n) is 5.16. The first-order chi connectivity index (χ1) is 9.98. The first kappa shape index (κ1) is 16.7. The molecule has 6 heteroatoms. The van der Waals surface area contributed by atoms with Gasteiger partial charge in [0.05, 0.1) is 4.90 Å². The second kappa shape index (κ2) is 7.05. The molecule has 0 aromatic heterocycles. The third-order valence-corrected chi connectivity index (χ3v) is 6.41. The van der Waals surface area contributed by atoms with Crippen molar-refractivity contribution < 1.29 is 8.42 Å². The lowest BCUT2D eigenvalue weighted by Gasteiger charge is -2.20. The van der Waals surface area contributed by atoms with Crippen LogP contribution in [0, 0.1) is 0 Å². The van der Waals surface area contributed by atoms with Crippen LogP contribution in [0.3, 0.4) is 0 Å². The van der Waals surface area contributed by atoms with E-state index in [0.29, 0.717) is 35.0 Å². The SMILES string of the molecule is C=CCN(CC)S(=O)(=O)c1cc(CNC2CC2)ccc1Br. The summed E-state index contributed by atoms with van der Waals surface area (Å²) in [6.07, 6.45) is 4.03. The molecule has 116 valence electrons. The Morgan fingerprint density at radius 1 is 1.48 bits per heavy atom. The van der Waals surface area contributed by atoms with Gasteiger partial charge in [0.25, 0.3) is 0 Å². The fraction of sp³-hybridized carbons (Fsp3) is 0.467. The highest BCUT2D eigenvalue weighted by molar-refractivity contribution is 9.10. The van der Waals surface area contributed by atoms with Crippen LogP contribution in [0.25, 0.3) is 0 Å². The van der Waals surface area contributed by atoms with Crippen molar-refractivity contribution in [3.63, 3.8) is 0 Å². The molecule has 1 fully saturated rings. The first-order valence-corrected chi connectivity index (χ1v) is 9.35. The van der Waals surface area contributed by atoms with Crippen LogP contribution in [0.4, 0.5) is 0 Å². The van der Waals surface area contributed by atoms with Crippen LogP contribution in [0.1, 0.15) is 25.3 Å². The van der Waals surface area contributed by atoms with Crippen molar-refractivity contribution in [3.8, 4) is 0 Å². The van der Waals surface area contributed by atoms with Crippen LogP contribution >= 0.6 is 15.9 Å². The summed E-state index contributed by atoms with van der Waals surface area (Å²) in [5.74, 6) is 0. The summed E-state index contributed by atoms with van der Waals surface area (Å²) < 4.78 is 27.4. The van der Waals surface area contributed by atoms with Crippen LogP contribution in [-0.4, -0.2) is 31.9 Å². The maximum absolute atomic E-state index is 12.7. The molecule has 0 spiro atoms. The molecule has 1 aliphatic carbocycles. The van der Waals surface area contributed by atoms with E-state index in [1.807, 2.05) is 13.0 Å². The van der Waals surface area contributed by atoms with Crippen molar-refractivity contribution in [2.45, 2.75) is 37.2 Å². The minimum absolute atomic E-state index is 0.315. The molecule has 0 unspecified atom stereocenters. The van der Waals surface area contributed by atoms with E-state index in [-0.39, 0.29) is 0 Å². The fourth-order valence-electron chi connectivity index (χ4n) is 2.09. The van der Waals surface area contributed by atoms with Gasteiger partial charge < -0.3 is 5.32 Å². The summed E-state index contributed by atoms with van der Waals surface area (Å²) in [4.78, 5) is 0.321. The van der Waals surface area contributed by atoms with Gasteiger partial charge in [0.15, 0.2) is 0 Å². The predicted octanol–water partition coefficient (Wildman–Crippen LogP) is 2.90. The molecular formula is C15H21BrN2O2S. The van der Waals surface area contributed by atoms with E-state index in [4.69, 9.17) is 0 Å². The molecule has 0 radical (unpaired) electrons. The average Bonchev–Trinajstić information content (AvgIpc) is 3.27. The molecule has 1 aromatic rings. The van der Waals surface area contributed by atoms with Crippen molar-refractivity contribution in [3.05, 3.63) is 40.9 Å². The zero-order valence-corrected chi connectivity index (χ0v) is 14.6. The number of sulfonamides is 1. The van der Waals surface area contributed by atoms with Crippen molar-refractivity contribution in [2.75, 3.05) is 13.1 Å². The smallest absolute Gasteiger partial charge is 0.244 e. The van der Waals surface area contributed by atoms with Gasteiger partial charge >= 0.3 is 0 Å². The van der Waals surface area contributed by atoms with Gasteiger partial charge in [-0.1, -0.05) is 19.1 Å². The molecule has 1 N–H and O–H groups in total. The Labute approximate surface area is 135 Å². The van der Waals surface area contributed by atoms with Crippen LogP contribution in [0.5, 0.6) is 0 Å². The molecule has 0 amide bonds. The molecular weight excluding hydrogens is 352 g/mol. The van der Waals surface area contributed by atoms with Gasteiger partial charge in [-0.05, 0) is 46.5 Å². The highest BCUT2D eigenvalue weighted by Crippen LogP contribution is 2.27. The molecule has 1 aromatic carbocycles. The number of hydrogen-bond acceptors (Lipinski definition) is 3. The van der Waals surface area contributed by atoms with E-state index in [1.54, 1.807) is 18.2 Å². The Hall–Kier alpha value is -0.690. The monoisotopic (exact) mass is 372 g/mol. The molecule has 4 nitrogen and oxygen atoms in total. The standard InChI is InChI=1S/C15H21BrN2O2S/c1-3-9-18(4-2)21(19,20)15-10-12(5-8-14(15)16)11-17-13-6-7-13/h3,5,8,10,13,17H,1,4,6-7,9,11H2,2H3. The maximum atomic E-state index is 12.7. The lowest BCUT2D eigenvalue weighted by atomic mass is 10.2. The molecule has 0 atom stereocenters. The molecule has 2 rings (SSSR count). The number of benzene rings is 1. The van der Waals surface area contributed by atoms with Gasteiger partial charge in [-0.25, -0.2) is 8.42 Å². The molecule has 1 aliphatic rings. The molecule has 0 aliphatic heterocycles. The van der Waals surface area contributed by atoms with E-state index in [0.717, 1.165) is 5.56 Å². The van der Waals surface area contributed by atoms with E-state index < -0.39 is 10.0 Å². The van der Waals surface area contributed by atoms with Gasteiger partial charge in [0, 0.05) is 30.1 Å². The average molecular weight is 373 g/mol. The largest absolute Gasteiger partial charge is 0.310 e. The van der Waals surface area contributed by atoms with Crippen LogP contribution < -0.4 is 5.32 Å². The number of likely N-dealkylation sites (N-methyl/N-ethyl adjacent to an activating group) is 1. The van der Waals surface area contributed by atoms with E-state index in [9.17, 15) is 8.42 Å². The predicted molar refractivity (Wildman–Crippen MR) is 88.6 cm³/mol. The summed E-state index contributed by atoms with van der Waals surface area (Å²) in [7, 11) is -3.50. The van der Waals surface area contributed by atoms with Gasteiger partial charge in [-0.2, -0.15) is 4.31 Å². The third kappa shape index (κ3) is 4.16. The van der Waals surface area contributed by atoms with Gasteiger partial charge in [0.2, 0.25) is 10.0 Å². The van der Waals surface area contributed by atoms with E-state index >= 15 is 0 Å². The zero-order valence-electron chi connectivity index (χ0n) is 12.2. The Morgan fingerprint density at radius 3 is 2.76 bits per heavy atom. The summed E-state index contributed by atoms with van der Waals surface area (Å²) >= 11 is 3.36. The lowest BCUT2D eigenvalue weighted by molar-refractivity contribution is 0.459. The van der Waals surface area contributed by atoms with Gasteiger partial charge in [-0.3, -0.25) is 0 Å². The molecule has 0 heterocycles. The number of nitrogens with zero attached hydrogens (tertiary/aromatic N) is 1. The summed E-state index contributed by atoms with van der Waals surface area (Å²) in [5.41, 5.74) is 0.985. The molecule has 0 bridgehead atoms. The van der Waals surface area contributed by atoms with Crippen molar-refractivity contribution >= 4 is 26.0 Å². The topological polar surface area (TPSA) is 49.4 Å². The molecule has 0 saturated heterocycles. The Bertz CT molecular complexity index is 612. The van der Waals surface area contributed by atoms with Crippen molar-refractivity contribution in [1.82, 2.24) is 9.62 Å². The Balaban J connectivity index is 2.26. The summed E-state index contributed by atoms with van der Waals surface area (Å²) in [5, 5.41) is 3.40. The minimum Gasteiger partial charge on any atom is -0.310 e. The number of hydrogen-bond donors (Lipinski definition) is 1. The van der Waals surface area contributed by atoms with Gasteiger partial charge in [0.1, 0.15) is 0 Å². The van der Waals surface area contributed by atoms with Crippen LogP contribution in [0.15, 0.2) is 40.2 Å². The highest BCUT2D eigenvalue weighted by atomic mass is 79.9. The van der Waals surface area contributed by atoms with Crippen LogP contribution in [-0.2, 0) is 16.6 Å². The first-order valence-electron chi connectivity index (χ1n) is 7.12. The normalized spacial score (nSPS) is 15.4. The van der Waals surface area contributed by atoms with E-state index in [2.05, 4.69) is 27.8 Å². The quantitative estimate of drug-likeness (QED) is 0.713. The number of nitrogens with one attached hydrogen (secondary N) is 1. The van der Waals surface area contributed by atoms with Crippen molar-refractivity contribution in [1.29, 1.82) is 0 Å². The minimum atomic E-state index is -3.50. The van der Waals surface area contributed by atoms with E-state index in [1.165, 1.54) is 17.1 Å². The van der Waals surface area contributed by atoms with Crippen LogP contribution in [0.2, 0.25) is 0 Å². The number of halogens is 1. The summed E-state index contributed by atoms with van der Waals surface area (Å²) in [6.45, 7) is 6.89. The maximum Gasteiger partial charge on any atom is 0.244 e. The van der Waals surface area contributed by atoms with Gasteiger partial charge in [-0.15, -0.1) is 6.58 Å². The molecule has 21 heavy (non-hydrogen) atoms. The Morgan fingerprint density at radius 2 is 2.19 bits per heavy atom. The third-order valence-electron chi connectivity index (χ3n) is 3.47. The van der Waals surface area contributed by atoms with Crippen molar-refractivity contribution in [2.24, 2.45) is 0 Å². The highest BCUT2D eigenvalue weighted by Gasteiger charge is 2.25. The summed E-state index contributed by atoms with van der Waals surface area (Å²) in [6, 6.07) is 6.10. The Kier molecular flexibility index (Phi) is 5.60. The fourth-order valence-corrected chi connectivity index (χ4v) is 4.48. The molecule has 1 saturated carbocycles.